The van der Waals surface area contributed by atoms with Crippen molar-refractivity contribution in [1.82, 2.24) is 9.97 Å². The summed E-state index contributed by atoms with van der Waals surface area (Å²) >= 11 is 6.01. The van der Waals surface area contributed by atoms with Crippen LogP contribution >= 0.6 is 11.6 Å². The molecule has 0 bridgehead atoms. The van der Waals surface area contributed by atoms with E-state index in [1.165, 1.54) is 13.3 Å². The lowest BCUT2D eigenvalue weighted by Crippen LogP contribution is -2.16. The number of benzene rings is 1. The molecular formula is C15H17ClN4O2. The lowest BCUT2D eigenvalue weighted by atomic mass is 10.2. The zero-order valence-electron chi connectivity index (χ0n) is 12.6. The van der Waals surface area contributed by atoms with Gasteiger partial charge in [-0.05, 0) is 18.2 Å². The molecule has 0 atom stereocenters. The fourth-order valence-corrected chi connectivity index (χ4v) is 2.00. The number of halogens is 1. The van der Waals surface area contributed by atoms with Gasteiger partial charge in [0.25, 0.3) is 5.91 Å². The maximum atomic E-state index is 12.3. The molecule has 6 nitrogen and oxygen atoms in total. The Morgan fingerprint density at radius 1 is 1.41 bits per heavy atom. The Morgan fingerprint density at radius 2 is 2.14 bits per heavy atom. The molecule has 0 unspecified atom stereocenters. The second-order valence-electron chi connectivity index (χ2n) is 4.99. The Hall–Kier alpha value is -2.34. The number of hydrogen-bond acceptors (Lipinski definition) is 5. The van der Waals surface area contributed by atoms with E-state index in [-0.39, 0.29) is 16.6 Å². The van der Waals surface area contributed by atoms with Gasteiger partial charge in [-0.3, -0.25) is 4.79 Å². The number of nitrogen functional groups attached to an aromatic ring is 1. The smallest absolute Gasteiger partial charge is 0.275 e. The number of nitrogens with one attached hydrogen (secondary N) is 1. The second-order valence-corrected chi connectivity index (χ2v) is 5.40. The van der Waals surface area contributed by atoms with Crippen LogP contribution in [0, 0.1) is 0 Å². The van der Waals surface area contributed by atoms with Crippen molar-refractivity contribution in [3.63, 3.8) is 0 Å². The molecule has 22 heavy (non-hydrogen) atoms. The zero-order chi connectivity index (χ0) is 16.3. The van der Waals surface area contributed by atoms with Crippen molar-refractivity contribution in [1.29, 1.82) is 0 Å². The van der Waals surface area contributed by atoms with Crippen molar-refractivity contribution < 1.29 is 9.53 Å². The van der Waals surface area contributed by atoms with Crippen LogP contribution in [0.4, 0.5) is 11.4 Å². The molecule has 0 fully saturated rings. The van der Waals surface area contributed by atoms with E-state index in [1.807, 2.05) is 13.8 Å². The number of rotatable bonds is 4. The maximum Gasteiger partial charge on any atom is 0.275 e. The summed E-state index contributed by atoms with van der Waals surface area (Å²) in [6.45, 7) is 3.88. The van der Waals surface area contributed by atoms with Crippen LogP contribution < -0.4 is 15.8 Å². The third kappa shape index (κ3) is 3.46. The van der Waals surface area contributed by atoms with Gasteiger partial charge in [0, 0.05) is 11.6 Å². The normalized spacial score (nSPS) is 10.6. The summed E-state index contributed by atoms with van der Waals surface area (Å²) in [6, 6.07) is 4.97. The van der Waals surface area contributed by atoms with Gasteiger partial charge in [0.15, 0.2) is 5.69 Å². The summed E-state index contributed by atoms with van der Waals surface area (Å²) in [6.07, 6.45) is 1.43. The fourth-order valence-electron chi connectivity index (χ4n) is 1.82. The van der Waals surface area contributed by atoms with E-state index in [9.17, 15) is 4.79 Å². The maximum absolute atomic E-state index is 12.3. The van der Waals surface area contributed by atoms with Crippen LogP contribution in [0.15, 0.2) is 24.4 Å². The first-order valence-corrected chi connectivity index (χ1v) is 7.07. The Kier molecular flexibility index (Phi) is 4.82. The molecule has 2 aromatic rings. The number of hydrogen-bond donors (Lipinski definition) is 2. The molecule has 0 aliphatic rings. The minimum Gasteiger partial charge on any atom is -0.495 e. The molecule has 7 heteroatoms. The predicted octanol–water partition coefficient (Wildman–Crippen LogP) is 3.10. The average Bonchev–Trinajstić information content (AvgIpc) is 2.47. The largest absolute Gasteiger partial charge is 0.495 e. The first kappa shape index (κ1) is 16.0. The Morgan fingerprint density at radius 3 is 2.73 bits per heavy atom. The van der Waals surface area contributed by atoms with Gasteiger partial charge in [-0.15, -0.1) is 0 Å². The van der Waals surface area contributed by atoms with Crippen LogP contribution in [0.25, 0.3) is 0 Å². The van der Waals surface area contributed by atoms with Crippen molar-refractivity contribution in [2.24, 2.45) is 0 Å². The third-order valence-corrected chi connectivity index (χ3v) is 3.26. The number of aromatic nitrogens is 2. The van der Waals surface area contributed by atoms with E-state index in [0.717, 1.165) is 0 Å². The number of amides is 1. The molecule has 0 spiro atoms. The summed E-state index contributed by atoms with van der Waals surface area (Å²) in [5, 5.41) is 2.91. The van der Waals surface area contributed by atoms with Gasteiger partial charge in [-0.2, -0.15) is 0 Å². The minimum atomic E-state index is -0.418. The SMILES string of the molecule is COc1ccc(NC(=O)c2nc(C(C)C)ncc2Cl)cc1N. The zero-order valence-corrected chi connectivity index (χ0v) is 13.3. The second kappa shape index (κ2) is 6.62. The van der Waals surface area contributed by atoms with Crippen molar-refractivity contribution in [2.45, 2.75) is 19.8 Å². The van der Waals surface area contributed by atoms with E-state index < -0.39 is 5.91 Å². The van der Waals surface area contributed by atoms with Crippen LogP contribution in [0.1, 0.15) is 36.1 Å². The van der Waals surface area contributed by atoms with Gasteiger partial charge < -0.3 is 15.8 Å². The van der Waals surface area contributed by atoms with E-state index in [1.54, 1.807) is 18.2 Å². The number of carbonyl (C=O) groups is 1. The number of nitrogens with two attached hydrogens (primary N) is 1. The number of methoxy groups -OCH3 is 1. The Labute approximate surface area is 133 Å². The van der Waals surface area contributed by atoms with Crippen LogP contribution in [0.3, 0.4) is 0 Å². The molecule has 1 heterocycles. The van der Waals surface area contributed by atoms with Gasteiger partial charge in [-0.25, -0.2) is 9.97 Å². The summed E-state index contributed by atoms with van der Waals surface area (Å²) in [7, 11) is 1.53. The minimum absolute atomic E-state index is 0.0976. The highest BCUT2D eigenvalue weighted by atomic mass is 35.5. The summed E-state index contributed by atoms with van der Waals surface area (Å²) in [5.74, 6) is 0.781. The highest BCUT2D eigenvalue weighted by molar-refractivity contribution is 6.33. The molecule has 116 valence electrons. The molecule has 0 radical (unpaired) electrons. The molecule has 1 amide bonds. The van der Waals surface area contributed by atoms with Gasteiger partial charge in [0.05, 0.1) is 24.0 Å². The molecule has 3 N–H and O–H groups in total. The Balaban J connectivity index is 2.25. The third-order valence-electron chi connectivity index (χ3n) is 2.98. The van der Waals surface area contributed by atoms with Crippen LogP contribution in [-0.4, -0.2) is 23.0 Å². The van der Waals surface area contributed by atoms with E-state index in [4.69, 9.17) is 22.1 Å². The van der Waals surface area contributed by atoms with Crippen LogP contribution in [-0.2, 0) is 0 Å². The number of nitrogens with zero attached hydrogens (tertiary/aromatic N) is 2. The van der Waals surface area contributed by atoms with Gasteiger partial charge in [0.1, 0.15) is 11.6 Å². The van der Waals surface area contributed by atoms with E-state index >= 15 is 0 Å². The fraction of sp³-hybridized carbons (Fsp3) is 0.267. The summed E-state index contributed by atoms with van der Waals surface area (Å²) in [4.78, 5) is 20.6. The molecule has 2 rings (SSSR count). The van der Waals surface area contributed by atoms with E-state index in [0.29, 0.717) is 22.9 Å². The molecule has 0 saturated heterocycles. The van der Waals surface area contributed by atoms with Gasteiger partial charge in [-0.1, -0.05) is 25.4 Å². The van der Waals surface area contributed by atoms with Crippen molar-refractivity contribution >= 4 is 28.9 Å². The van der Waals surface area contributed by atoms with Crippen molar-refractivity contribution in [3.8, 4) is 5.75 Å². The van der Waals surface area contributed by atoms with E-state index in [2.05, 4.69) is 15.3 Å². The monoisotopic (exact) mass is 320 g/mol. The van der Waals surface area contributed by atoms with Crippen LogP contribution in [0.5, 0.6) is 5.75 Å². The molecule has 1 aromatic carbocycles. The highest BCUT2D eigenvalue weighted by Crippen LogP contribution is 2.25. The van der Waals surface area contributed by atoms with Crippen LogP contribution in [0.2, 0.25) is 5.02 Å². The van der Waals surface area contributed by atoms with Crippen molar-refractivity contribution in [2.75, 3.05) is 18.2 Å². The highest BCUT2D eigenvalue weighted by Gasteiger charge is 2.16. The van der Waals surface area contributed by atoms with Gasteiger partial charge in [0.2, 0.25) is 0 Å². The number of anilines is 2. The molecule has 0 aliphatic heterocycles. The quantitative estimate of drug-likeness (QED) is 0.845. The average molecular weight is 321 g/mol. The number of carbonyl (C=O) groups excluding carboxylic acids is 1. The lowest BCUT2D eigenvalue weighted by Gasteiger charge is -2.10. The molecule has 0 saturated carbocycles. The predicted molar refractivity (Wildman–Crippen MR) is 86.5 cm³/mol. The Bertz CT molecular complexity index is 704. The standard InChI is InChI=1S/C15H17ClN4O2/c1-8(2)14-18-7-10(16)13(20-14)15(21)19-9-4-5-12(22-3)11(17)6-9/h4-8H,17H2,1-3H3,(H,19,21). The molecule has 1 aromatic heterocycles. The number of ether oxygens (including phenoxy) is 1. The first-order valence-electron chi connectivity index (χ1n) is 6.69. The summed E-state index contributed by atoms with van der Waals surface area (Å²) < 4.78 is 5.07. The lowest BCUT2D eigenvalue weighted by molar-refractivity contribution is 0.102. The first-order chi connectivity index (χ1) is 10.4. The summed E-state index contributed by atoms with van der Waals surface area (Å²) in [5.41, 5.74) is 6.91. The topological polar surface area (TPSA) is 90.1 Å². The molecule has 0 aliphatic carbocycles. The molecular weight excluding hydrogens is 304 g/mol. The van der Waals surface area contributed by atoms with Gasteiger partial charge >= 0.3 is 0 Å². The van der Waals surface area contributed by atoms with Crippen molar-refractivity contribution in [3.05, 3.63) is 40.9 Å².